The van der Waals surface area contributed by atoms with Crippen LogP contribution in [0, 0.1) is 0 Å². The molecule has 0 aromatic carbocycles. The molecule has 0 bridgehead atoms. The van der Waals surface area contributed by atoms with Crippen molar-refractivity contribution in [2.24, 2.45) is 0 Å². The molecule has 0 aromatic rings. The van der Waals surface area contributed by atoms with Crippen LogP contribution in [0.2, 0.25) is 0 Å². The third-order valence-corrected chi connectivity index (χ3v) is 0. The van der Waals surface area contributed by atoms with E-state index in [1.54, 1.807) is 0 Å². The smallest absolute Gasteiger partial charge is 1.00 e. The Bertz CT molecular complexity index is 12.4. The van der Waals surface area contributed by atoms with Gasteiger partial charge in [-0.2, -0.15) is 0 Å². The van der Waals surface area contributed by atoms with Gasteiger partial charge in [0.1, 0.15) is 0 Å². The molecular weight excluding hydrogens is 320 g/mol. The minimum Gasteiger partial charge on any atom is 1.00 e. The van der Waals surface area contributed by atoms with Crippen molar-refractivity contribution >= 4 is 20.2 Å². The molecule has 0 aliphatic rings. The van der Waals surface area contributed by atoms with Gasteiger partial charge in [0.2, 0.25) is 0 Å². The van der Waals surface area contributed by atoms with Crippen molar-refractivity contribution < 1.29 is 97.0 Å². The van der Waals surface area contributed by atoms with Crippen LogP contribution in [-0.4, -0.2) is 0 Å². The van der Waals surface area contributed by atoms with Gasteiger partial charge in [-0.25, -0.2) is 0 Å². The zero-order valence-corrected chi connectivity index (χ0v) is 11.4. The van der Waals surface area contributed by atoms with Crippen molar-refractivity contribution in [3.05, 3.63) is 0 Å². The maximum Gasteiger partial charge on any atom is 2.00 e. The average Bonchev–Trinajstić information content (AvgIpc) is 0.918. The topological polar surface area (TPSA) is 0 Å². The van der Waals surface area contributed by atoms with Crippen molar-refractivity contribution in [3.8, 4) is 0 Å². The normalized spacial score (nSPS) is 2.75. The second-order valence-corrected chi connectivity index (χ2v) is 1.87. The van der Waals surface area contributed by atoms with Crippen LogP contribution in [0.4, 0.5) is 0 Å². The maximum atomic E-state index is 4.76. The van der Waals surface area contributed by atoms with E-state index in [2.05, 4.69) is 0 Å². The largest absolute Gasteiger partial charge is 2.00 e. The minimum atomic E-state index is 0. The van der Waals surface area contributed by atoms with Gasteiger partial charge in [0.15, 0.2) is 0 Å². The Hall–Kier alpha value is 3.49. The number of hydrogen-bond acceptors (Lipinski definition) is 0. The fraction of sp³-hybridized carbons (Fsp3) is 0. The van der Waals surface area contributed by atoms with E-state index < -0.39 is 0 Å². The van der Waals surface area contributed by atoms with E-state index in [-0.39, 0.29) is 97.0 Å². The fourth-order valence-electron chi connectivity index (χ4n) is 0. The van der Waals surface area contributed by atoms with E-state index in [9.17, 15) is 0 Å². The van der Waals surface area contributed by atoms with E-state index in [0.717, 1.165) is 0 Å². The van der Waals surface area contributed by atoms with Gasteiger partial charge >= 0.3 is 80.0 Å². The predicted molar refractivity (Wildman–Crippen MR) is 11.7 cm³/mol. The summed E-state index contributed by atoms with van der Waals surface area (Å²) in [5, 5.41) is 0. The zero-order valence-electron chi connectivity index (χ0n) is 3.54. The first-order chi connectivity index (χ1) is 1.41. The number of rotatable bonds is 0. The van der Waals surface area contributed by atoms with Crippen molar-refractivity contribution in [1.29, 1.82) is 0 Å². The molecule has 0 N–H and O–H groups in total. The SMILES string of the molecule is [Cl-].[Cl-].[Cl-].[Cl][Fe][Cl].[Cu+2].[Na+]. The second-order valence-electron chi connectivity index (χ2n) is 0.0505. The second kappa shape index (κ2) is 46.9. The Balaban J connectivity index is -0.00000000200. The molecule has 0 rings (SSSR count). The summed E-state index contributed by atoms with van der Waals surface area (Å²) in [6.07, 6.45) is 0. The van der Waals surface area contributed by atoms with Crippen molar-refractivity contribution in [2.45, 2.75) is 0 Å². The van der Waals surface area contributed by atoms with Crippen LogP contribution in [0.15, 0.2) is 0 Å². The molecule has 0 nitrogen and oxygen atoms in total. The molecule has 0 saturated heterocycles. The molecule has 0 fully saturated rings. The molecule has 0 aliphatic carbocycles. The molecule has 0 spiro atoms. The third-order valence-electron chi connectivity index (χ3n) is 0. The molecule has 0 aliphatic heterocycles. The van der Waals surface area contributed by atoms with Gasteiger partial charge in [-0.1, -0.05) is 0 Å². The monoisotopic (exact) mass is 317 g/mol. The van der Waals surface area contributed by atoms with E-state index in [4.69, 9.17) is 20.2 Å². The van der Waals surface area contributed by atoms with Crippen LogP contribution in [0.1, 0.15) is 0 Å². The standard InChI is InChI=1S/5ClH.Cu.Fe.Na/h5*1H;;;/q;;;;;2*+2;+1/p-5. The maximum absolute atomic E-state index is 4.76. The van der Waals surface area contributed by atoms with E-state index >= 15 is 0 Å². The Labute approximate surface area is 115 Å². The summed E-state index contributed by atoms with van der Waals surface area (Å²) in [6, 6.07) is 0. The van der Waals surface area contributed by atoms with Crippen LogP contribution >= 0.6 is 20.2 Å². The van der Waals surface area contributed by atoms with E-state index in [1.807, 2.05) is 0 Å². The molecule has 0 atom stereocenters. The van der Waals surface area contributed by atoms with Gasteiger partial charge < -0.3 is 37.2 Å². The quantitative estimate of drug-likeness (QED) is 0.389. The summed E-state index contributed by atoms with van der Waals surface area (Å²) in [5.41, 5.74) is 0. The predicted octanol–water partition coefficient (Wildman–Crippen LogP) is -10.6. The molecule has 1 radical (unpaired) electrons. The van der Waals surface area contributed by atoms with Gasteiger partial charge in [0, 0.05) is 0 Å². The summed E-state index contributed by atoms with van der Waals surface area (Å²) in [5.74, 6) is 0. The van der Waals surface area contributed by atoms with Gasteiger partial charge in [-0.3, -0.25) is 0 Å². The summed E-state index contributed by atoms with van der Waals surface area (Å²) in [6.45, 7) is 0. The van der Waals surface area contributed by atoms with Crippen LogP contribution in [0.25, 0.3) is 0 Å². The fourth-order valence-corrected chi connectivity index (χ4v) is 0. The Morgan fingerprint density at radius 2 is 0.875 bits per heavy atom. The third kappa shape index (κ3) is 56.2. The first-order valence-corrected chi connectivity index (χ1v) is 3.31. The molecular formula is Cl5CuFeNa. The van der Waals surface area contributed by atoms with Gasteiger partial charge in [-0.05, 0) is 0 Å². The van der Waals surface area contributed by atoms with E-state index in [1.165, 1.54) is 0 Å². The van der Waals surface area contributed by atoms with Crippen molar-refractivity contribution in [1.82, 2.24) is 0 Å². The van der Waals surface area contributed by atoms with Crippen molar-refractivity contribution in [2.75, 3.05) is 0 Å². The van der Waals surface area contributed by atoms with Gasteiger partial charge in [0.05, 0.1) is 0 Å². The first-order valence-electron chi connectivity index (χ1n) is 0.267. The minimum absolute atomic E-state index is 0. The summed E-state index contributed by atoms with van der Waals surface area (Å²) in [7, 11) is 9.53. The molecule has 0 unspecified atom stereocenters. The van der Waals surface area contributed by atoms with Gasteiger partial charge in [-0.15, -0.1) is 0 Å². The van der Waals surface area contributed by atoms with Crippen molar-refractivity contribution in [3.63, 3.8) is 0 Å². The molecule has 0 saturated carbocycles. The first kappa shape index (κ1) is 42.0. The average molecular weight is 320 g/mol. The molecule has 0 heterocycles. The molecule has 0 aromatic heterocycles. The summed E-state index contributed by atoms with van der Waals surface area (Å²) >= 11 is 0.194. The van der Waals surface area contributed by atoms with Crippen LogP contribution in [0.5, 0.6) is 0 Å². The van der Waals surface area contributed by atoms with Crippen LogP contribution < -0.4 is 66.8 Å². The van der Waals surface area contributed by atoms with Crippen LogP contribution in [0.3, 0.4) is 0 Å². The van der Waals surface area contributed by atoms with Crippen LogP contribution in [-0.2, 0) is 30.2 Å². The van der Waals surface area contributed by atoms with E-state index in [0.29, 0.717) is 0 Å². The Morgan fingerprint density at radius 3 is 0.875 bits per heavy atom. The molecule has 8 heteroatoms. The Morgan fingerprint density at radius 1 is 0.875 bits per heavy atom. The number of hydrogen-bond donors (Lipinski definition) is 0. The summed E-state index contributed by atoms with van der Waals surface area (Å²) in [4.78, 5) is 0. The zero-order chi connectivity index (χ0) is 2.71. The molecule has 55 valence electrons. The number of halogens is 5. The Kier molecular flexibility index (Phi) is 246. The molecule has 0 amide bonds. The van der Waals surface area contributed by atoms with Gasteiger partial charge in [0.25, 0.3) is 0 Å². The summed E-state index contributed by atoms with van der Waals surface area (Å²) < 4.78 is 0. The molecule has 8 heavy (non-hydrogen) atoms.